The van der Waals surface area contributed by atoms with Gasteiger partial charge in [-0.2, -0.15) is 0 Å². The fourth-order valence-corrected chi connectivity index (χ4v) is 2.12. The average Bonchev–Trinajstić information content (AvgIpc) is 2.49. The van der Waals surface area contributed by atoms with Gasteiger partial charge in [-0.1, -0.05) is 24.3 Å². The predicted octanol–water partition coefficient (Wildman–Crippen LogP) is 3.42. The van der Waals surface area contributed by atoms with Crippen LogP contribution in [0.5, 0.6) is 0 Å². The van der Waals surface area contributed by atoms with Crippen LogP contribution in [0.1, 0.15) is 17.3 Å². The first-order valence-electron chi connectivity index (χ1n) is 6.77. The third kappa shape index (κ3) is 2.99. The van der Waals surface area contributed by atoms with Gasteiger partial charge in [-0.05, 0) is 37.3 Å². The van der Waals surface area contributed by atoms with Crippen molar-refractivity contribution in [2.75, 3.05) is 30.4 Å². The van der Waals surface area contributed by atoms with Gasteiger partial charge < -0.3 is 9.80 Å². The lowest BCUT2D eigenvalue weighted by molar-refractivity contribution is 0.0988. The molecule has 0 saturated carbocycles. The van der Waals surface area contributed by atoms with E-state index >= 15 is 0 Å². The number of carbonyl (C=O) groups is 1. The van der Waals surface area contributed by atoms with Crippen LogP contribution in [0, 0.1) is 0 Å². The summed E-state index contributed by atoms with van der Waals surface area (Å²) in [6.45, 7) is 2.63. The normalized spacial score (nSPS) is 10.2. The molecule has 0 bridgehead atoms. The van der Waals surface area contributed by atoms with E-state index in [-0.39, 0.29) is 5.91 Å². The molecule has 0 heterocycles. The number of benzene rings is 2. The van der Waals surface area contributed by atoms with E-state index in [0.717, 1.165) is 11.4 Å². The summed E-state index contributed by atoms with van der Waals surface area (Å²) in [5.41, 5.74) is 2.66. The maximum Gasteiger partial charge on any atom is 0.258 e. The van der Waals surface area contributed by atoms with Crippen molar-refractivity contribution in [2.45, 2.75) is 6.92 Å². The summed E-state index contributed by atoms with van der Waals surface area (Å²) in [7, 11) is 3.94. The Morgan fingerprint density at radius 2 is 1.60 bits per heavy atom. The second-order valence-corrected chi connectivity index (χ2v) is 4.83. The first-order valence-corrected chi connectivity index (χ1v) is 6.77. The van der Waals surface area contributed by atoms with Gasteiger partial charge in [0.2, 0.25) is 0 Å². The fourth-order valence-electron chi connectivity index (χ4n) is 2.12. The van der Waals surface area contributed by atoms with Crippen LogP contribution >= 0.6 is 0 Å². The second-order valence-electron chi connectivity index (χ2n) is 4.83. The maximum absolute atomic E-state index is 12.7. The quantitative estimate of drug-likeness (QED) is 0.848. The summed E-state index contributed by atoms with van der Waals surface area (Å²) >= 11 is 0. The lowest BCUT2D eigenvalue weighted by Crippen LogP contribution is -2.30. The molecule has 0 aromatic heterocycles. The van der Waals surface area contributed by atoms with Gasteiger partial charge in [-0.25, -0.2) is 0 Å². The monoisotopic (exact) mass is 268 g/mol. The summed E-state index contributed by atoms with van der Waals surface area (Å²) in [4.78, 5) is 16.4. The number of carbonyl (C=O) groups excluding carboxylic acids is 1. The molecule has 2 aromatic rings. The number of para-hydroxylation sites is 1. The van der Waals surface area contributed by atoms with Gasteiger partial charge in [0, 0.05) is 37.6 Å². The molecule has 20 heavy (non-hydrogen) atoms. The zero-order chi connectivity index (χ0) is 14.5. The summed E-state index contributed by atoms with van der Waals surface area (Å²) in [6, 6.07) is 17.5. The molecular formula is C17H20N2O. The van der Waals surface area contributed by atoms with Gasteiger partial charge in [0.05, 0.1) is 0 Å². The molecular weight excluding hydrogens is 248 g/mol. The summed E-state index contributed by atoms with van der Waals surface area (Å²) < 4.78 is 0. The van der Waals surface area contributed by atoms with E-state index in [4.69, 9.17) is 0 Å². The van der Waals surface area contributed by atoms with Crippen molar-refractivity contribution in [3.63, 3.8) is 0 Å². The van der Waals surface area contributed by atoms with Gasteiger partial charge in [0.1, 0.15) is 0 Å². The number of hydrogen-bond acceptors (Lipinski definition) is 2. The molecule has 0 unspecified atom stereocenters. The summed E-state index contributed by atoms with van der Waals surface area (Å²) in [5.74, 6) is 0.0300. The van der Waals surface area contributed by atoms with E-state index in [1.54, 1.807) is 4.90 Å². The van der Waals surface area contributed by atoms with Crippen molar-refractivity contribution in [3.05, 3.63) is 60.2 Å². The Kier molecular flexibility index (Phi) is 4.41. The lowest BCUT2D eigenvalue weighted by atomic mass is 10.1. The summed E-state index contributed by atoms with van der Waals surface area (Å²) in [6.07, 6.45) is 0. The van der Waals surface area contributed by atoms with Crippen LogP contribution in [-0.2, 0) is 0 Å². The SMILES string of the molecule is CCN(C(=O)c1cccc(N(C)C)c1)c1ccccc1. The number of anilines is 2. The van der Waals surface area contributed by atoms with Gasteiger partial charge >= 0.3 is 0 Å². The molecule has 0 radical (unpaired) electrons. The van der Waals surface area contributed by atoms with E-state index in [9.17, 15) is 4.79 Å². The Hall–Kier alpha value is -2.29. The molecule has 0 aliphatic rings. The Balaban J connectivity index is 2.32. The molecule has 2 rings (SSSR count). The van der Waals surface area contributed by atoms with Crippen LogP contribution in [-0.4, -0.2) is 26.5 Å². The van der Waals surface area contributed by atoms with E-state index in [1.807, 2.05) is 80.5 Å². The largest absolute Gasteiger partial charge is 0.378 e. The molecule has 0 atom stereocenters. The van der Waals surface area contributed by atoms with Gasteiger partial charge in [-0.15, -0.1) is 0 Å². The third-order valence-electron chi connectivity index (χ3n) is 3.24. The van der Waals surface area contributed by atoms with Crippen molar-refractivity contribution in [1.29, 1.82) is 0 Å². The van der Waals surface area contributed by atoms with Crippen LogP contribution < -0.4 is 9.80 Å². The number of hydrogen-bond donors (Lipinski definition) is 0. The van der Waals surface area contributed by atoms with Crippen LogP contribution in [0.2, 0.25) is 0 Å². The minimum Gasteiger partial charge on any atom is -0.378 e. The molecule has 0 N–H and O–H groups in total. The van der Waals surface area contributed by atoms with Gasteiger partial charge in [0.15, 0.2) is 0 Å². The molecule has 1 amide bonds. The Bertz CT molecular complexity index is 579. The molecule has 0 saturated heterocycles. The van der Waals surface area contributed by atoms with Crippen LogP contribution in [0.4, 0.5) is 11.4 Å². The van der Waals surface area contributed by atoms with Crippen molar-refractivity contribution in [1.82, 2.24) is 0 Å². The highest BCUT2D eigenvalue weighted by molar-refractivity contribution is 6.06. The van der Waals surface area contributed by atoms with Crippen molar-refractivity contribution in [3.8, 4) is 0 Å². The highest BCUT2D eigenvalue weighted by Gasteiger charge is 2.16. The van der Waals surface area contributed by atoms with Crippen LogP contribution in [0.25, 0.3) is 0 Å². The zero-order valence-electron chi connectivity index (χ0n) is 12.2. The van der Waals surface area contributed by atoms with E-state index in [2.05, 4.69) is 0 Å². The summed E-state index contributed by atoms with van der Waals surface area (Å²) in [5, 5.41) is 0. The number of amides is 1. The first kappa shape index (κ1) is 14.1. The topological polar surface area (TPSA) is 23.6 Å². The highest BCUT2D eigenvalue weighted by Crippen LogP contribution is 2.19. The smallest absolute Gasteiger partial charge is 0.258 e. The zero-order valence-corrected chi connectivity index (χ0v) is 12.2. The van der Waals surface area contributed by atoms with E-state index in [0.29, 0.717) is 12.1 Å². The molecule has 0 spiro atoms. The van der Waals surface area contributed by atoms with Gasteiger partial charge in [-0.3, -0.25) is 4.79 Å². The Morgan fingerprint density at radius 3 is 2.20 bits per heavy atom. The van der Waals surface area contributed by atoms with Crippen LogP contribution in [0.15, 0.2) is 54.6 Å². The van der Waals surface area contributed by atoms with Crippen molar-refractivity contribution in [2.24, 2.45) is 0 Å². The van der Waals surface area contributed by atoms with Crippen LogP contribution in [0.3, 0.4) is 0 Å². The Morgan fingerprint density at radius 1 is 0.950 bits per heavy atom. The van der Waals surface area contributed by atoms with Crippen molar-refractivity contribution >= 4 is 17.3 Å². The highest BCUT2D eigenvalue weighted by atomic mass is 16.2. The number of rotatable bonds is 4. The molecule has 3 nitrogen and oxygen atoms in total. The third-order valence-corrected chi connectivity index (χ3v) is 3.24. The average molecular weight is 268 g/mol. The van der Waals surface area contributed by atoms with Crippen molar-refractivity contribution < 1.29 is 4.79 Å². The van der Waals surface area contributed by atoms with E-state index in [1.165, 1.54) is 0 Å². The molecule has 0 aliphatic carbocycles. The molecule has 0 fully saturated rings. The fraction of sp³-hybridized carbons (Fsp3) is 0.235. The molecule has 0 aliphatic heterocycles. The van der Waals surface area contributed by atoms with Gasteiger partial charge in [0.25, 0.3) is 5.91 Å². The predicted molar refractivity (Wildman–Crippen MR) is 84.6 cm³/mol. The molecule has 2 aromatic carbocycles. The molecule has 104 valence electrons. The minimum atomic E-state index is 0.0300. The minimum absolute atomic E-state index is 0.0300. The second kappa shape index (κ2) is 6.24. The first-order chi connectivity index (χ1) is 9.63. The Labute approximate surface area is 120 Å². The van der Waals surface area contributed by atoms with E-state index < -0.39 is 0 Å². The lowest BCUT2D eigenvalue weighted by Gasteiger charge is -2.22. The maximum atomic E-state index is 12.7. The molecule has 3 heteroatoms. The number of nitrogens with zero attached hydrogens (tertiary/aromatic N) is 2. The standard InChI is InChI=1S/C17H20N2O/c1-4-19(15-10-6-5-7-11-15)17(20)14-9-8-12-16(13-14)18(2)3/h5-13H,4H2,1-3H3.